The highest BCUT2D eigenvalue weighted by Gasteiger charge is 2.33. The van der Waals surface area contributed by atoms with Crippen LogP contribution in [0.2, 0.25) is 0 Å². The maximum absolute atomic E-state index is 13.2. The number of hydrogen-bond acceptors (Lipinski definition) is 5. The van der Waals surface area contributed by atoms with Gasteiger partial charge in [-0.05, 0) is 76.4 Å². The summed E-state index contributed by atoms with van der Waals surface area (Å²) < 4.78 is 7.48. The summed E-state index contributed by atoms with van der Waals surface area (Å²) in [6.45, 7) is 11.9. The molecule has 0 bridgehead atoms. The van der Waals surface area contributed by atoms with Gasteiger partial charge in [-0.15, -0.1) is 0 Å². The molecular weight excluding hydrogens is 466 g/mol. The second-order valence-corrected chi connectivity index (χ2v) is 11.2. The Kier molecular flexibility index (Phi) is 6.84. The summed E-state index contributed by atoms with van der Waals surface area (Å²) in [5, 5.41) is 5.73. The largest absolute Gasteiger partial charge is 0.444 e. The number of carbonyl (C=O) groups excluding carboxylic acids is 2. The van der Waals surface area contributed by atoms with Crippen LogP contribution in [0.5, 0.6) is 0 Å². The van der Waals surface area contributed by atoms with E-state index in [1.54, 1.807) is 4.90 Å². The number of anilines is 1. The Hall–Kier alpha value is -3.55. The van der Waals surface area contributed by atoms with E-state index in [0.29, 0.717) is 39.0 Å². The number of nitrogens with zero attached hydrogens (tertiary/aromatic N) is 5. The van der Waals surface area contributed by atoms with E-state index in [1.807, 2.05) is 36.5 Å². The summed E-state index contributed by atoms with van der Waals surface area (Å²) in [7, 11) is 0. The van der Waals surface area contributed by atoms with Crippen molar-refractivity contribution in [3.63, 3.8) is 0 Å². The molecule has 3 heterocycles. The molecule has 2 aliphatic heterocycles. The molecule has 1 aromatic heterocycles. The molecule has 2 amide bonds. The fraction of sp³-hybridized carbons (Fsp3) is 0.483. The van der Waals surface area contributed by atoms with Crippen LogP contribution >= 0.6 is 0 Å². The number of piperidine rings is 1. The fourth-order valence-corrected chi connectivity index (χ4v) is 5.25. The monoisotopic (exact) mass is 503 g/mol. The Bertz CT molecular complexity index is 1280. The second kappa shape index (κ2) is 10.1. The predicted molar refractivity (Wildman–Crippen MR) is 145 cm³/mol. The summed E-state index contributed by atoms with van der Waals surface area (Å²) in [6.07, 6.45) is 3.01. The van der Waals surface area contributed by atoms with Crippen LogP contribution in [-0.4, -0.2) is 76.5 Å². The lowest BCUT2D eigenvalue weighted by atomic mass is 9.95. The molecule has 37 heavy (non-hydrogen) atoms. The molecule has 0 saturated carbocycles. The van der Waals surface area contributed by atoms with Crippen LogP contribution < -0.4 is 4.90 Å². The molecule has 0 radical (unpaired) electrons. The Morgan fingerprint density at radius 2 is 1.62 bits per heavy atom. The van der Waals surface area contributed by atoms with Gasteiger partial charge >= 0.3 is 6.09 Å². The Morgan fingerprint density at radius 3 is 2.30 bits per heavy atom. The molecule has 0 atom stereocenters. The molecule has 8 heteroatoms. The van der Waals surface area contributed by atoms with Crippen molar-refractivity contribution in [3.05, 3.63) is 54.2 Å². The minimum Gasteiger partial charge on any atom is -0.444 e. The van der Waals surface area contributed by atoms with Gasteiger partial charge < -0.3 is 19.4 Å². The van der Waals surface area contributed by atoms with Crippen LogP contribution in [0.4, 0.5) is 10.5 Å². The van der Waals surface area contributed by atoms with Crippen molar-refractivity contribution >= 4 is 28.6 Å². The van der Waals surface area contributed by atoms with Crippen molar-refractivity contribution < 1.29 is 14.3 Å². The molecule has 0 N–H and O–H groups in total. The van der Waals surface area contributed by atoms with Gasteiger partial charge in [-0.1, -0.05) is 12.1 Å². The molecule has 8 nitrogen and oxygen atoms in total. The summed E-state index contributed by atoms with van der Waals surface area (Å²) in [6, 6.07) is 14.8. The fourth-order valence-electron chi connectivity index (χ4n) is 5.25. The van der Waals surface area contributed by atoms with Crippen molar-refractivity contribution in [1.82, 2.24) is 19.6 Å². The lowest BCUT2D eigenvalue weighted by molar-refractivity contribution is -0.137. The highest BCUT2D eigenvalue weighted by Crippen LogP contribution is 2.27. The number of carbonyl (C=O) groups is 2. The summed E-state index contributed by atoms with van der Waals surface area (Å²) in [5.41, 5.74) is 3.99. The number of ether oxygens (including phenoxy) is 1. The zero-order chi connectivity index (χ0) is 26.2. The Balaban J connectivity index is 1.18. The zero-order valence-electron chi connectivity index (χ0n) is 22.3. The number of rotatable bonds is 3. The molecule has 2 aromatic carbocycles. The highest BCUT2D eigenvalue weighted by atomic mass is 16.6. The SMILES string of the molecule is Cc1cccc(-n2ncc3ccc(N4CCN(C(=O)C5CCN(C(=O)OC(C)(C)C)CC5)CC4)cc32)c1. The van der Waals surface area contributed by atoms with Crippen LogP contribution in [0.3, 0.4) is 0 Å². The van der Waals surface area contributed by atoms with Gasteiger partial charge in [0.15, 0.2) is 0 Å². The summed E-state index contributed by atoms with van der Waals surface area (Å²) in [4.78, 5) is 31.6. The number of aromatic nitrogens is 2. The molecule has 0 aliphatic carbocycles. The van der Waals surface area contributed by atoms with Gasteiger partial charge in [-0.3, -0.25) is 4.79 Å². The van der Waals surface area contributed by atoms with E-state index in [2.05, 4.69) is 59.4 Å². The minimum atomic E-state index is -0.506. The number of benzene rings is 2. The van der Waals surface area contributed by atoms with Gasteiger partial charge in [0, 0.05) is 56.3 Å². The molecule has 2 saturated heterocycles. The van der Waals surface area contributed by atoms with E-state index in [0.717, 1.165) is 35.4 Å². The van der Waals surface area contributed by atoms with Gasteiger partial charge in [0.1, 0.15) is 5.60 Å². The molecule has 0 unspecified atom stereocenters. The van der Waals surface area contributed by atoms with E-state index < -0.39 is 5.60 Å². The van der Waals surface area contributed by atoms with Gasteiger partial charge in [-0.2, -0.15) is 5.10 Å². The van der Waals surface area contributed by atoms with Crippen LogP contribution in [0.15, 0.2) is 48.7 Å². The average Bonchev–Trinajstić information content (AvgIpc) is 3.31. The minimum absolute atomic E-state index is 0.0229. The van der Waals surface area contributed by atoms with Crippen LogP contribution in [0.1, 0.15) is 39.2 Å². The molecule has 3 aromatic rings. The maximum Gasteiger partial charge on any atom is 0.410 e. The number of likely N-dealkylation sites (tertiary alicyclic amines) is 1. The first kappa shape index (κ1) is 25.1. The molecule has 2 aliphatic rings. The van der Waals surface area contributed by atoms with Crippen molar-refractivity contribution in [3.8, 4) is 5.69 Å². The van der Waals surface area contributed by atoms with E-state index in [9.17, 15) is 9.59 Å². The average molecular weight is 504 g/mol. The number of fused-ring (bicyclic) bond motifs is 1. The quantitative estimate of drug-likeness (QED) is 0.521. The first-order valence-corrected chi connectivity index (χ1v) is 13.2. The van der Waals surface area contributed by atoms with E-state index in [1.165, 1.54) is 5.56 Å². The van der Waals surface area contributed by atoms with Crippen molar-refractivity contribution in [1.29, 1.82) is 0 Å². The maximum atomic E-state index is 13.2. The van der Waals surface area contributed by atoms with Gasteiger partial charge in [0.25, 0.3) is 0 Å². The first-order valence-electron chi connectivity index (χ1n) is 13.2. The molecule has 5 rings (SSSR count). The van der Waals surface area contributed by atoms with E-state index >= 15 is 0 Å². The number of aryl methyl sites for hydroxylation is 1. The van der Waals surface area contributed by atoms with Gasteiger partial charge in [0.2, 0.25) is 5.91 Å². The predicted octanol–water partition coefficient (Wildman–Crippen LogP) is 4.63. The first-order chi connectivity index (χ1) is 17.7. The molecule has 2 fully saturated rings. The highest BCUT2D eigenvalue weighted by molar-refractivity contribution is 5.84. The summed E-state index contributed by atoms with van der Waals surface area (Å²) in [5.74, 6) is 0.196. The third kappa shape index (κ3) is 5.58. The number of piperazine rings is 1. The lowest BCUT2D eigenvalue weighted by Gasteiger charge is -2.39. The van der Waals surface area contributed by atoms with Crippen LogP contribution in [-0.2, 0) is 9.53 Å². The normalized spacial score (nSPS) is 17.4. The molecule has 196 valence electrons. The third-order valence-electron chi connectivity index (χ3n) is 7.25. The summed E-state index contributed by atoms with van der Waals surface area (Å²) >= 11 is 0. The smallest absolute Gasteiger partial charge is 0.410 e. The van der Waals surface area contributed by atoms with E-state index in [4.69, 9.17) is 4.74 Å². The third-order valence-corrected chi connectivity index (χ3v) is 7.25. The van der Waals surface area contributed by atoms with Crippen molar-refractivity contribution in [2.45, 2.75) is 46.1 Å². The Labute approximate surface area is 218 Å². The zero-order valence-corrected chi connectivity index (χ0v) is 22.3. The van der Waals surface area contributed by atoms with Crippen LogP contribution in [0, 0.1) is 12.8 Å². The standard InChI is InChI=1S/C29H37N5O3/c1-21-6-5-7-25(18-21)34-26-19-24(9-8-23(26)20-30-34)31-14-16-32(17-15-31)27(35)22-10-12-33(13-11-22)28(36)37-29(2,3)4/h5-9,18-20,22H,10-17H2,1-4H3. The van der Waals surface area contributed by atoms with Gasteiger partial charge in [0.05, 0.1) is 17.4 Å². The lowest BCUT2D eigenvalue weighted by Crippen LogP contribution is -2.52. The van der Waals surface area contributed by atoms with Crippen molar-refractivity contribution in [2.24, 2.45) is 5.92 Å². The van der Waals surface area contributed by atoms with E-state index in [-0.39, 0.29) is 17.9 Å². The number of hydrogen-bond donors (Lipinski definition) is 0. The Morgan fingerprint density at radius 1 is 0.892 bits per heavy atom. The topological polar surface area (TPSA) is 70.9 Å². The van der Waals surface area contributed by atoms with Crippen LogP contribution in [0.25, 0.3) is 16.6 Å². The molecule has 0 spiro atoms. The molecular formula is C29H37N5O3. The number of amides is 2. The second-order valence-electron chi connectivity index (χ2n) is 11.2. The van der Waals surface area contributed by atoms with Gasteiger partial charge in [-0.25, -0.2) is 9.48 Å². The van der Waals surface area contributed by atoms with Crippen molar-refractivity contribution in [2.75, 3.05) is 44.2 Å².